The van der Waals surface area contributed by atoms with Crippen molar-refractivity contribution in [1.29, 1.82) is 0 Å². The van der Waals surface area contributed by atoms with E-state index in [1.165, 1.54) is 28.2 Å². The Morgan fingerprint density at radius 2 is 1.48 bits per heavy atom. The second-order valence-electron chi connectivity index (χ2n) is 6.10. The maximum absolute atomic E-state index is 4.58. The number of hydrogen-bond acceptors (Lipinski definition) is 1. The predicted octanol–water partition coefficient (Wildman–Crippen LogP) is 5.46. The smallest absolute Gasteiger partial charge is 0.0629 e. The highest BCUT2D eigenvalue weighted by molar-refractivity contribution is 5.84. The molecule has 0 amide bonds. The van der Waals surface area contributed by atoms with E-state index in [2.05, 4.69) is 61.5 Å². The number of para-hydroxylation sites is 1. The molecule has 0 unspecified atom stereocenters. The van der Waals surface area contributed by atoms with E-state index in [1.54, 1.807) is 0 Å². The molecule has 1 aromatic heterocycles. The molecular weight excluding hydrogens is 280 g/mol. The first kappa shape index (κ1) is 15.3. The summed E-state index contributed by atoms with van der Waals surface area (Å²) in [6.45, 7) is 8.58. The summed E-state index contributed by atoms with van der Waals surface area (Å²) in [5.74, 6) is 0. The molecule has 3 rings (SSSR count). The van der Waals surface area contributed by atoms with Crippen LogP contribution in [-0.4, -0.2) is 10.8 Å². The zero-order valence-corrected chi connectivity index (χ0v) is 14.2. The van der Waals surface area contributed by atoms with Gasteiger partial charge in [0.25, 0.3) is 0 Å². The first-order valence-electron chi connectivity index (χ1n) is 7.91. The lowest BCUT2D eigenvalue weighted by Crippen LogP contribution is -2.00. The molecule has 2 heteroatoms. The number of aryl methyl sites for hydroxylation is 3. The minimum absolute atomic E-state index is 0.976. The Morgan fingerprint density at radius 3 is 2.13 bits per heavy atom. The van der Waals surface area contributed by atoms with Crippen molar-refractivity contribution in [3.05, 3.63) is 82.7 Å². The topological polar surface area (TPSA) is 17.3 Å². The molecular formula is C21H22N2. The second-order valence-corrected chi connectivity index (χ2v) is 6.10. The molecule has 2 nitrogen and oxygen atoms in total. The van der Waals surface area contributed by atoms with Crippen LogP contribution < -0.4 is 0 Å². The minimum Gasteiger partial charge on any atom is -0.318 e. The SMILES string of the molecule is Cc1cc(C)cc(-n2c(C)cc(C=Nc3ccccc3)c2C)c1. The molecule has 1 heterocycles. The summed E-state index contributed by atoms with van der Waals surface area (Å²) in [6.07, 6.45) is 1.96. The molecule has 0 saturated heterocycles. The Bertz CT molecular complexity index is 835. The molecule has 0 spiro atoms. The summed E-state index contributed by atoms with van der Waals surface area (Å²) in [5.41, 5.74) is 8.36. The van der Waals surface area contributed by atoms with Crippen LogP contribution in [0.4, 0.5) is 5.69 Å². The van der Waals surface area contributed by atoms with Crippen LogP contribution >= 0.6 is 0 Å². The van der Waals surface area contributed by atoms with Crippen molar-refractivity contribution in [2.24, 2.45) is 4.99 Å². The van der Waals surface area contributed by atoms with Gasteiger partial charge in [0, 0.05) is 28.9 Å². The van der Waals surface area contributed by atoms with Crippen molar-refractivity contribution in [2.45, 2.75) is 27.7 Å². The van der Waals surface area contributed by atoms with Gasteiger partial charge in [0.05, 0.1) is 5.69 Å². The van der Waals surface area contributed by atoms with Gasteiger partial charge in [-0.3, -0.25) is 4.99 Å². The number of nitrogens with zero attached hydrogens (tertiary/aromatic N) is 2. The van der Waals surface area contributed by atoms with Crippen LogP contribution in [0.5, 0.6) is 0 Å². The average Bonchev–Trinajstić information content (AvgIpc) is 2.79. The highest BCUT2D eigenvalue weighted by Crippen LogP contribution is 2.22. The zero-order chi connectivity index (χ0) is 16.4. The molecule has 3 aromatic rings. The third-order valence-electron chi connectivity index (χ3n) is 4.04. The summed E-state index contributed by atoms with van der Waals surface area (Å²) in [7, 11) is 0. The molecule has 0 N–H and O–H groups in total. The maximum atomic E-state index is 4.58. The van der Waals surface area contributed by atoms with Crippen LogP contribution in [0.25, 0.3) is 5.69 Å². The Labute approximate surface area is 138 Å². The van der Waals surface area contributed by atoms with Gasteiger partial charge in [0.2, 0.25) is 0 Å². The van der Waals surface area contributed by atoms with Gasteiger partial charge in [0.1, 0.15) is 0 Å². The molecule has 0 radical (unpaired) electrons. The van der Waals surface area contributed by atoms with Crippen LogP contribution in [-0.2, 0) is 0 Å². The van der Waals surface area contributed by atoms with Crippen LogP contribution in [0, 0.1) is 27.7 Å². The first-order valence-corrected chi connectivity index (χ1v) is 7.91. The molecule has 23 heavy (non-hydrogen) atoms. The number of hydrogen-bond donors (Lipinski definition) is 0. The highest BCUT2D eigenvalue weighted by Gasteiger charge is 2.10. The van der Waals surface area contributed by atoms with Crippen LogP contribution in [0.1, 0.15) is 28.1 Å². The Kier molecular flexibility index (Phi) is 4.16. The number of rotatable bonds is 3. The van der Waals surface area contributed by atoms with Crippen LogP contribution in [0.15, 0.2) is 59.6 Å². The van der Waals surface area contributed by atoms with E-state index in [0.717, 1.165) is 11.3 Å². The van der Waals surface area contributed by atoms with Crippen molar-refractivity contribution in [3.8, 4) is 5.69 Å². The molecule has 0 aliphatic rings. The molecule has 2 aromatic carbocycles. The summed E-state index contributed by atoms with van der Waals surface area (Å²) in [4.78, 5) is 4.58. The highest BCUT2D eigenvalue weighted by atomic mass is 15.0. The second kappa shape index (κ2) is 6.25. The van der Waals surface area contributed by atoms with Crippen molar-refractivity contribution < 1.29 is 0 Å². The van der Waals surface area contributed by atoms with Gasteiger partial charge in [-0.05, 0) is 69.2 Å². The van der Waals surface area contributed by atoms with Crippen molar-refractivity contribution >= 4 is 11.9 Å². The molecule has 0 aliphatic heterocycles. The summed E-state index contributed by atoms with van der Waals surface area (Å²) < 4.78 is 2.30. The lowest BCUT2D eigenvalue weighted by atomic mass is 10.1. The van der Waals surface area contributed by atoms with E-state index < -0.39 is 0 Å². The van der Waals surface area contributed by atoms with E-state index in [1.807, 2.05) is 36.5 Å². The van der Waals surface area contributed by atoms with Crippen LogP contribution in [0.3, 0.4) is 0 Å². The van der Waals surface area contributed by atoms with Crippen LogP contribution in [0.2, 0.25) is 0 Å². The number of aromatic nitrogens is 1. The molecule has 0 atom stereocenters. The van der Waals surface area contributed by atoms with Crippen molar-refractivity contribution in [1.82, 2.24) is 4.57 Å². The summed E-state index contributed by atoms with van der Waals surface area (Å²) in [5, 5.41) is 0. The third kappa shape index (κ3) is 3.26. The van der Waals surface area contributed by atoms with E-state index in [0.29, 0.717) is 0 Å². The fourth-order valence-electron chi connectivity index (χ4n) is 3.05. The lowest BCUT2D eigenvalue weighted by Gasteiger charge is -2.11. The van der Waals surface area contributed by atoms with Gasteiger partial charge in [0.15, 0.2) is 0 Å². The third-order valence-corrected chi connectivity index (χ3v) is 4.04. The number of benzene rings is 2. The van der Waals surface area contributed by atoms with E-state index in [-0.39, 0.29) is 0 Å². The van der Waals surface area contributed by atoms with Gasteiger partial charge in [-0.25, -0.2) is 0 Å². The van der Waals surface area contributed by atoms with Gasteiger partial charge in [-0.1, -0.05) is 24.3 Å². The molecule has 0 bridgehead atoms. The Hall–Kier alpha value is -2.61. The average molecular weight is 302 g/mol. The molecule has 116 valence electrons. The quantitative estimate of drug-likeness (QED) is 0.571. The molecule has 0 fully saturated rings. The zero-order valence-electron chi connectivity index (χ0n) is 14.2. The van der Waals surface area contributed by atoms with E-state index in [4.69, 9.17) is 0 Å². The summed E-state index contributed by atoms with van der Waals surface area (Å²) in [6, 6.07) is 18.9. The largest absolute Gasteiger partial charge is 0.318 e. The first-order chi connectivity index (χ1) is 11.0. The predicted molar refractivity (Wildman–Crippen MR) is 98.4 cm³/mol. The van der Waals surface area contributed by atoms with Crippen molar-refractivity contribution in [2.75, 3.05) is 0 Å². The van der Waals surface area contributed by atoms with E-state index >= 15 is 0 Å². The Balaban J connectivity index is 2.01. The minimum atomic E-state index is 0.976. The van der Waals surface area contributed by atoms with Gasteiger partial charge < -0.3 is 4.57 Å². The molecule has 0 saturated carbocycles. The van der Waals surface area contributed by atoms with Crippen molar-refractivity contribution in [3.63, 3.8) is 0 Å². The van der Waals surface area contributed by atoms with E-state index in [9.17, 15) is 0 Å². The standard InChI is InChI=1S/C21H22N2/c1-15-10-16(2)12-21(11-15)23-17(3)13-19(18(23)4)14-22-20-8-6-5-7-9-20/h5-14H,1-4H3. The monoisotopic (exact) mass is 302 g/mol. The molecule has 0 aliphatic carbocycles. The fourth-order valence-corrected chi connectivity index (χ4v) is 3.05. The number of aliphatic imine (C=N–C) groups is 1. The summed E-state index contributed by atoms with van der Waals surface area (Å²) >= 11 is 0. The van der Waals surface area contributed by atoms with Gasteiger partial charge in [-0.2, -0.15) is 0 Å². The van der Waals surface area contributed by atoms with Gasteiger partial charge >= 0.3 is 0 Å². The lowest BCUT2D eigenvalue weighted by molar-refractivity contribution is 0.960. The maximum Gasteiger partial charge on any atom is 0.0629 e. The normalized spacial score (nSPS) is 11.3. The fraction of sp³-hybridized carbons (Fsp3) is 0.190. The Morgan fingerprint density at radius 1 is 0.826 bits per heavy atom. The van der Waals surface area contributed by atoms with Gasteiger partial charge in [-0.15, -0.1) is 0 Å².